The van der Waals surface area contributed by atoms with Crippen molar-refractivity contribution in [2.75, 3.05) is 33.4 Å². The maximum atomic E-state index is 14.0. The van der Waals surface area contributed by atoms with E-state index in [1.54, 1.807) is 12.0 Å². The summed E-state index contributed by atoms with van der Waals surface area (Å²) in [5.74, 6) is -2.22. The van der Waals surface area contributed by atoms with E-state index in [2.05, 4.69) is 0 Å². The number of halogens is 2. The monoisotopic (exact) mass is 452 g/mol. The van der Waals surface area contributed by atoms with Crippen molar-refractivity contribution >= 4 is 15.9 Å². The van der Waals surface area contributed by atoms with E-state index in [1.807, 2.05) is 30.3 Å². The van der Waals surface area contributed by atoms with Gasteiger partial charge in [-0.05, 0) is 36.6 Å². The molecule has 0 bridgehead atoms. The molecule has 1 aliphatic heterocycles. The molecule has 0 aliphatic carbocycles. The molecule has 0 aromatic heterocycles. The number of benzene rings is 2. The van der Waals surface area contributed by atoms with Crippen LogP contribution in [0.1, 0.15) is 18.4 Å². The third-order valence-corrected chi connectivity index (χ3v) is 7.32. The van der Waals surface area contributed by atoms with E-state index in [4.69, 9.17) is 4.74 Å². The average Bonchev–Trinajstić information content (AvgIpc) is 2.78. The molecule has 1 saturated heterocycles. The Morgan fingerprint density at radius 2 is 1.81 bits per heavy atom. The van der Waals surface area contributed by atoms with Gasteiger partial charge in [0, 0.05) is 39.2 Å². The number of carbonyl (C=O) groups is 1. The fraction of sp³-hybridized carbons (Fsp3) is 0.409. The molecular weight excluding hydrogens is 426 g/mol. The summed E-state index contributed by atoms with van der Waals surface area (Å²) < 4.78 is 59.3. The first-order valence-corrected chi connectivity index (χ1v) is 11.5. The van der Waals surface area contributed by atoms with Crippen LogP contribution in [-0.4, -0.2) is 56.9 Å². The van der Waals surface area contributed by atoms with Crippen LogP contribution in [0, 0.1) is 17.6 Å². The molecule has 0 spiro atoms. The van der Waals surface area contributed by atoms with Crippen LogP contribution < -0.4 is 0 Å². The average molecular weight is 453 g/mol. The highest BCUT2D eigenvalue weighted by molar-refractivity contribution is 7.89. The predicted molar refractivity (Wildman–Crippen MR) is 112 cm³/mol. The molecule has 168 valence electrons. The normalized spacial score (nSPS) is 15.7. The van der Waals surface area contributed by atoms with Crippen molar-refractivity contribution in [3.8, 4) is 0 Å². The van der Waals surface area contributed by atoms with Gasteiger partial charge in [-0.15, -0.1) is 0 Å². The van der Waals surface area contributed by atoms with Gasteiger partial charge >= 0.3 is 0 Å². The summed E-state index contributed by atoms with van der Waals surface area (Å²) >= 11 is 0. The van der Waals surface area contributed by atoms with Gasteiger partial charge in [-0.25, -0.2) is 17.2 Å². The predicted octanol–water partition coefficient (Wildman–Crippen LogP) is 3.04. The van der Waals surface area contributed by atoms with Gasteiger partial charge in [0.2, 0.25) is 15.9 Å². The van der Waals surface area contributed by atoms with Crippen LogP contribution in [0.25, 0.3) is 0 Å². The maximum absolute atomic E-state index is 14.0. The van der Waals surface area contributed by atoms with E-state index >= 15 is 0 Å². The summed E-state index contributed by atoms with van der Waals surface area (Å²) in [5.41, 5.74) is 0.994. The van der Waals surface area contributed by atoms with Crippen LogP contribution in [0.5, 0.6) is 0 Å². The lowest BCUT2D eigenvalue weighted by atomic mass is 9.96. The number of amides is 1. The molecule has 6 nitrogen and oxygen atoms in total. The Hall–Kier alpha value is -2.36. The quantitative estimate of drug-likeness (QED) is 0.618. The largest absolute Gasteiger partial charge is 0.383 e. The van der Waals surface area contributed by atoms with Gasteiger partial charge < -0.3 is 9.64 Å². The summed E-state index contributed by atoms with van der Waals surface area (Å²) in [5, 5.41) is 0. The molecule has 1 aliphatic rings. The summed E-state index contributed by atoms with van der Waals surface area (Å²) in [6, 6.07) is 12.0. The molecule has 0 N–H and O–H groups in total. The third-order valence-electron chi connectivity index (χ3n) is 5.41. The highest BCUT2D eigenvalue weighted by Gasteiger charge is 2.35. The van der Waals surface area contributed by atoms with Crippen molar-refractivity contribution in [2.45, 2.75) is 24.3 Å². The Balaban J connectivity index is 1.68. The molecule has 0 radical (unpaired) electrons. The Bertz CT molecular complexity index is 994. The fourth-order valence-electron chi connectivity index (χ4n) is 3.69. The number of ether oxygens (including phenoxy) is 1. The second kappa shape index (κ2) is 10.3. The molecule has 1 fully saturated rings. The van der Waals surface area contributed by atoms with E-state index in [1.165, 1.54) is 0 Å². The number of methoxy groups -OCH3 is 1. The Morgan fingerprint density at radius 1 is 1.13 bits per heavy atom. The number of rotatable bonds is 8. The van der Waals surface area contributed by atoms with E-state index in [-0.39, 0.29) is 24.9 Å². The number of sulfonamides is 1. The van der Waals surface area contributed by atoms with Crippen LogP contribution >= 0.6 is 0 Å². The number of nitrogens with zero attached hydrogens (tertiary/aromatic N) is 2. The van der Waals surface area contributed by atoms with E-state index < -0.39 is 26.6 Å². The lowest BCUT2D eigenvalue weighted by molar-refractivity contribution is -0.138. The van der Waals surface area contributed by atoms with Gasteiger partial charge in [0.1, 0.15) is 16.5 Å². The molecule has 0 atom stereocenters. The second-order valence-corrected chi connectivity index (χ2v) is 9.40. The smallest absolute Gasteiger partial charge is 0.246 e. The van der Waals surface area contributed by atoms with Crippen molar-refractivity contribution < 1.29 is 26.7 Å². The first-order chi connectivity index (χ1) is 14.8. The number of carbonyl (C=O) groups excluding carboxylic acids is 1. The first kappa shape index (κ1) is 23.3. The minimum absolute atomic E-state index is 0.0603. The summed E-state index contributed by atoms with van der Waals surface area (Å²) in [6.07, 6.45) is 0.626. The van der Waals surface area contributed by atoms with Crippen molar-refractivity contribution in [3.63, 3.8) is 0 Å². The lowest BCUT2D eigenvalue weighted by Crippen LogP contribution is -2.45. The zero-order valence-corrected chi connectivity index (χ0v) is 18.2. The molecule has 1 heterocycles. The summed E-state index contributed by atoms with van der Waals surface area (Å²) in [6.45, 7) is 1.40. The highest BCUT2D eigenvalue weighted by Crippen LogP contribution is 2.27. The fourth-order valence-corrected chi connectivity index (χ4v) is 5.23. The van der Waals surface area contributed by atoms with Gasteiger partial charge in [0.15, 0.2) is 0 Å². The van der Waals surface area contributed by atoms with Crippen molar-refractivity contribution in [1.29, 1.82) is 0 Å². The second-order valence-electron chi connectivity index (χ2n) is 7.49. The molecule has 0 unspecified atom stereocenters. The molecule has 3 rings (SSSR count). The summed E-state index contributed by atoms with van der Waals surface area (Å²) in [4.78, 5) is 14.2. The summed E-state index contributed by atoms with van der Waals surface area (Å²) in [7, 11) is -2.60. The third kappa shape index (κ3) is 5.66. The maximum Gasteiger partial charge on any atom is 0.246 e. The van der Waals surface area contributed by atoms with Gasteiger partial charge in [0.05, 0.1) is 6.61 Å². The highest BCUT2D eigenvalue weighted by atomic mass is 32.2. The van der Waals surface area contributed by atoms with E-state index in [0.717, 1.165) is 22.0 Å². The molecular formula is C22H26F2N2O4S. The lowest BCUT2D eigenvalue weighted by Gasteiger charge is -2.33. The molecule has 2 aromatic carbocycles. The molecule has 2 aromatic rings. The van der Waals surface area contributed by atoms with Crippen molar-refractivity contribution in [1.82, 2.24) is 9.21 Å². The Kier molecular flexibility index (Phi) is 7.74. The van der Waals surface area contributed by atoms with Crippen LogP contribution in [0.3, 0.4) is 0 Å². The van der Waals surface area contributed by atoms with E-state index in [9.17, 15) is 22.0 Å². The van der Waals surface area contributed by atoms with Crippen LogP contribution in [0.4, 0.5) is 8.78 Å². The standard InChI is InChI=1S/C22H26F2N2O4S/c1-30-14-13-25(16-17-5-3-2-4-6-17)22(27)18-9-11-26(12-10-18)31(28,29)21-15-19(23)7-8-20(21)24/h2-8,15,18H,9-14,16H2,1H3. The number of hydrogen-bond donors (Lipinski definition) is 0. The van der Waals surface area contributed by atoms with Crippen LogP contribution in [0.2, 0.25) is 0 Å². The zero-order valence-electron chi connectivity index (χ0n) is 17.3. The minimum atomic E-state index is -4.17. The Labute approximate surface area is 181 Å². The van der Waals surface area contributed by atoms with Crippen molar-refractivity contribution in [2.24, 2.45) is 5.92 Å². The van der Waals surface area contributed by atoms with Gasteiger partial charge in [0.25, 0.3) is 0 Å². The van der Waals surface area contributed by atoms with Gasteiger partial charge in [-0.3, -0.25) is 4.79 Å². The van der Waals surface area contributed by atoms with E-state index in [0.29, 0.717) is 38.6 Å². The Morgan fingerprint density at radius 3 is 2.45 bits per heavy atom. The molecule has 9 heteroatoms. The zero-order chi connectivity index (χ0) is 22.4. The first-order valence-electron chi connectivity index (χ1n) is 10.1. The van der Waals surface area contributed by atoms with Crippen molar-refractivity contribution in [3.05, 3.63) is 65.7 Å². The number of piperidine rings is 1. The molecule has 31 heavy (non-hydrogen) atoms. The molecule has 0 saturated carbocycles. The molecule has 1 amide bonds. The van der Waals surface area contributed by atoms with Gasteiger partial charge in [-0.1, -0.05) is 30.3 Å². The SMILES string of the molecule is COCCN(Cc1ccccc1)C(=O)C1CCN(S(=O)(=O)c2cc(F)ccc2F)CC1. The minimum Gasteiger partial charge on any atom is -0.383 e. The topological polar surface area (TPSA) is 66.9 Å². The van der Waals surface area contributed by atoms with Gasteiger partial charge in [-0.2, -0.15) is 4.31 Å². The van der Waals surface area contributed by atoms with Crippen LogP contribution in [0.15, 0.2) is 53.4 Å². The van der Waals surface area contributed by atoms with Crippen LogP contribution in [-0.2, 0) is 26.1 Å². The number of hydrogen-bond acceptors (Lipinski definition) is 4.